The van der Waals surface area contributed by atoms with Gasteiger partial charge in [-0.1, -0.05) is 59.8 Å². The van der Waals surface area contributed by atoms with Crippen molar-refractivity contribution < 1.29 is 9.21 Å². The van der Waals surface area contributed by atoms with Gasteiger partial charge in [0.2, 0.25) is 17.5 Å². The standard InChI is InChI=1S/C27H26N6O2S/c1-19-8-10-21(11-9-19)24-17-29-27(33(24)22-6-4-3-5-7-22)36-18-25(34)31-12-14-32(15-13-31)26-23(16-28)30-20(2)35-26/h3-11,17H,12-15,18H2,1-2H3. The molecule has 4 aromatic rings. The van der Waals surface area contributed by atoms with Crippen molar-refractivity contribution in [3.8, 4) is 23.0 Å². The Kier molecular flexibility index (Phi) is 6.78. The number of carbonyl (C=O) groups excluding carboxylic acids is 1. The zero-order valence-electron chi connectivity index (χ0n) is 20.2. The molecule has 0 N–H and O–H groups in total. The number of piperazine rings is 1. The van der Waals surface area contributed by atoms with Crippen LogP contribution in [0.1, 0.15) is 17.1 Å². The minimum Gasteiger partial charge on any atom is -0.424 e. The van der Waals surface area contributed by atoms with Crippen LogP contribution >= 0.6 is 11.8 Å². The number of anilines is 1. The molecule has 2 aromatic carbocycles. The summed E-state index contributed by atoms with van der Waals surface area (Å²) in [6.07, 6.45) is 1.87. The van der Waals surface area contributed by atoms with Gasteiger partial charge in [0.25, 0.3) is 0 Å². The molecule has 2 aromatic heterocycles. The van der Waals surface area contributed by atoms with Crippen LogP contribution in [0.4, 0.5) is 5.88 Å². The molecule has 182 valence electrons. The van der Waals surface area contributed by atoms with Crippen LogP contribution in [-0.2, 0) is 4.79 Å². The van der Waals surface area contributed by atoms with Gasteiger partial charge in [-0.3, -0.25) is 9.36 Å². The molecular formula is C27H26N6O2S. The highest BCUT2D eigenvalue weighted by Gasteiger charge is 2.26. The van der Waals surface area contributed by atoms with Crippen molar-refractivity contribution in [1.82, 2.24) is 19.4 Å². The topological polar surface area (TPSA) is 91.2 Å². The lowest BCUT2D eigenvalue weighted by Crippen LogP contribution is -2.49. The van der Waals surface area contributed by atoms with Crippen LogP contribution in [0.2, 0.25) is 0 Å². The minimum absolute atomic E-state index is 0.0633. The van der Waals surface area contributed by atoms with E-state index in [2.05, 4.69) is 51.8 Å². The molecule has 0 saturated carbocycles. The van der Waals surface area contributed by atoms with E-state index in [0.717, 1.165) is 22.1 Å². The summed E-state index contributed by atoms with van der Waals surface area (Å²) in [4.78, 5) is 25.7. The van der Waals surface area contributed by atoms with Crippen molar-refractivity contribution in [2.45, 2.75) is 19.0 Å². The van der Waals surface area contributed by atoms with Gasteiger partial charge in [0, 0.05) is 44.4 Å². The first-order valence-corrected chi connectivity index (χ1v) is 12.8. The van der Waals surface area contributed by atoms with Crippen LogP contribution in [0.5, 0.6) is 0 Å². The third-order valence-corrected chi connectivity index (χ3v) is 7.10. The number of aromatic nitrogens is 3. The van der Waals surface area contributed by atoms with Crippen LogP contribution in [0.25, 0.3) is 16.9 Å². The summed E-state index contributed by atoms with van der Waals surface area (Å²) in [5, 5.41) is 10.1. The lowest BCUT2D eigenvalue weighted by molar-refractivity contribution is -0.128. The predicted octanol–water partition coefficient (Wildman–Crippen LogP) is 4.46. The Hall–Kier alpha value is -4.03. The molecule has 1 fully saturated rings. The van der Waals surface area contributed by atoms with Gasteiger partial charge < -0.3 is 14.2 Å². The largest absolute Gasteiger partial charge is 0.424 e. The Morgan fingerprint density at radius 2 is 1.78 bits per heavy atom. The highest BCUT2D eigenvalue weighted by molar-refractivity contribution is 7.99. The van der Waals surface area contributed by atoms with E-state index in [-0.39, 0.29) is 5.91 Å². The fraction of sp³-hybridized carbons (Fsp3) is 0.259. The van der Waals surface area contributed by atoms with Gasteiger partial charge in [0.05, 0.1) is 17.6 Å². The van der Waals surface area contributed by atoms with E-state index < -0.39 is 0 Å². The Morgan fingerprint density at radius 1 is 1.06 bits per heavy atom. The second-order valence-corrected chi connectivity index (χ2v) is 9.56. The molecule has 3 heterocycles. The summed E-state index contributed by atoms with van der Waals surface area (Å²) < 4.78 is 7.73. The van der Waals surface area contributed by atoms with Crippen LogP contribution in [-0.4, -0.2) is 57.3 Å². The molecule has 1 saturated heterocycles. The Labute approximate surface area is 214 Å². The molecule has 0 unspecified atom stereocenters. The van der Waals surface area contributed by atoms with Gasteiger partial charge in [-0.05, 0) is 19.1 Å². The van der Waals surface area contributed by atoms with Crippen molar-refractivity contribution in [1.29, 1.82) is 5.26 Å². The molecule has 5 rings (SSSR count). The number of oxazole rings is 1. The Morgan fingerprint density at radius 3 is 2.47 bits per heavy atom. The average Bonchev–Trinajstić information content (AvgIpc) is 3.51. The van der Waals surface area contributed by atoms with Gasteiger partial charge in [-0.2, -0.15) is 5.26 Å². The van der Waals surface area contributed by atoms with Crippen LogP contribution < -0.4 is 4.90 Å². The first-order chi connectivity index (χ1) is 17.5. The molecule has 1 amide bonds. The van der Waals surface area contributed by atoms with Crippen molar-refractivity contribution in [2.24, 2.45) is 0 Å². The first-order valence-electron chi connectivity index (χ1n) is 11.8. The van der Waals surface area contributed by atoms with Gasteiger partial charge >= 0.3 is 0 Å². The average molecular weight is 499 g/mol. The SMILES string of the molecule is Cc1ccc(-c2cnc(SCC(=O)N3CCN(c4oc(C)nc4C#N)CC3)n2-c2ccccc2)cc1. The number of imidazole rings is 1. The van der Waals surface area contributed by atoms with E-state index >= 15 is 0 Å². The minimum atomic E-state index is 0.0633. The van der Waals surface area contributed by atoms with Gasteiger partial charge in [-0.15, -0.1) is 0 Å². The Bertz CT molecular complexity index is 1400. The molecule has 0 aliphatic carbocycles. The number of nitrogens with zero attached hydrogens (tertiary/aromatic N) is 6. The third kappa shape index (κ3) is 4.86. The summed E-state index contributed by atoms with van der Waals surface area (Å²) in [7, 11) is 0. The predicted molar refractivity (Wildman–Crippen MR) is 139 cm³/mol. The van der Waals surface area contributed by atoms with E-state index in [1.54, 1.807) is 6.92 Å². The fourth-order valence-electron chi connectivity index (χ4n) is 4.27. The van der Waals surface area contributed by atoms with Gasteiger partial charge in [0.1, 0.15) is 6.07 Å². The highest BCUT2D eigenvalue weighted by atomic mass is 32.2. The first kappa shape index (κ1) is 23.7. The molecule has 1 aliphatic rings. The molecule has 0 bridgehead atoms. The number of thioether (sulfide) groups is 1. The van der Waals surface area contributed by atoms with E-state index in [4.69, 9.17) is 4.42 Å². The maximum Gasteiger partial charge on any atom is 0.234 e. The van der Waals surface area contributed by atoms with E-state index in [1.165, 1.54) is 17.3 Å². The zero-order chi connectivity index (χ0) is 25.1. The fourth-order valence-corrected chi connectivity index (χ4v) is 5.17. The molecule has 9 heteroatoms. The molecule has 0 radical (unpaired) electrons. The zero-order valence-corrected chi connectivity index (χ0v) is 21.0. The second kappa shape index (κ2) is 10.3. The number of rotatable bonds is 6. The van der Waals surface area contributed by atoms with Crippen molar-refractivity contribution >= 4 is 23.6 Å². The highest BCUT2D eigenvalue weighted by Crippen LogP contribution is 2.30. The molecular weight excluding hydrogens is 472 g/mol. The molecule has 8 nitrogen and oxygen atoms in total. The normalized spacial score (nSPS) is 13.6. The number of hydrogen-bond donors (Lipinski definition) is 0. The number of aryl methyl sites for hydroxylation is 2. The third-order valence-electron chi connectivity index (χ3n) is 6.16. The lowest BCUT2D eigenvalue weighted by atomic mass is 10.1. The molecule has 0 atom stereocenters. The lowest BCUT2D eigenvalue weighted by Gasteiger charge is -2.34. The molecule has 1 aliphatic heterocycles. The molecule has 36 heavy (non-hydrogen) atoms. The quantitative estimate of drug-likeness (QED) is 0.363. The smallest absolute Gasteiger partial charge is 0.234 e. The molecule has 0 spiro atoms. The van der Waals surface area contributed by atoms with Gasteiger partial charge in [0.15, 0.2) is 11.0 Å². The van der Waals surface area contributed by atoms with Crippen LogP contribution in [0.3, 0.4) is 0 Å². The number of para-hydroxylation sites is 1. The van der Waals surface area contributed by atoms with E-state index in [0.29, 0.717) is 49.4 Å². The summed E-state index contributed by atoms with van der Waals surface area (Å²) in [6, 6.07) is 20.5. The summed E-state index contributed by atoms with van der Waals surface area (Å²) >= 11 is 1.44. The van der Waals surface area contributed by atoms with Crippen LogP contribution in [0, 0.1) is 25.2 Å². The summed E-state index contributed by atoms with van der Waals surface area (Å²) in [6.45, 7) is 6.11. The van der Waals surface area contributed by atoms with E-state index in [1.807, 2.05) is 46.3 Å². The summed E-state index contributed by atoms with van der Waals surface area (Å²) in [5.41, 5.74) is 4.56. The van der Waals surface area contributed by atoms with Crippen LogP contribution in [0.15, 0.2) is 70.4 Å². The number of hydrogen-bond acceptors (Lipinski definition) is 7. The van der Waals surface area contributed by atoms with Crippen molar-refractivity contribution in [2.75, 3.05) is 36.8 Å². The number of nitriles is 1. The monoisotopic (exact) mass is 498 g/mol. The summed E-state index contributed by atoms with van der Waals surface area (Å²) in [5.74, 6) is 1.32. The maximum atomic E-state index is 13.1. The number of carbonyl (C=O) groups is 1. The van der Waals surface area contributed by atoms with E-state index in [9.17, 15) is 10.1 Å². The number of amides is 1. The maximum absolute atomic E-state index is 13.1. The second-order valence-electron chi connectivity index (χ2n) is 8.62. The van der Waals surface area contributed by atoms with Crippen molar-refractivity contribution in [3.63, 3.8) is 0 Å². The Balaban J connectivity index is 1.28. The number of benzene rings is 2. The van der Waals surface area contributed by atoms with Crippen molar-refractivity contribution in [3.05, 3.63) is 77.9 Å². The van der Waals surface area contributed by atoms with Gasteiger partial charge in [-0.25, -0.2) is 9.97 Å².